The first-order valence-corrected chi connectivity index (χ1v) is 6.78. The maximum absolute atomic E-state index is 11.7. The second-order valence-corrected chi connectivity index (χ2v) is 5.16. The first kappa shape index (κ1) is 15.5. The van der Waals surface area contributed by atoms with Crippen LogP contribution >= 0.6 is 0 Å². The van der Waals surface area contributed by atoms with Crippen LogP contribution in [-0.2, 0) is 9.53 Å². The smallest absolute Gasteiger partial charge is 0.310 e. The van der Waals surface area contributed by atoms with Crippen LogP contribution in [0.1, 0.15) is 30.0 Å². The fourth-order valence-corrected chi connectivity index (χ4v) is 2.32. The van der Waals surface area contributed by atoms with Gasteiger partial charge in [0.1, 0.15) is 0 Å². The second-order valence-electron chi connectivity index (χ2n) is 5.16. The van der Waals surface area contributed by atoms with Crippen LogP contribution in [-0.4, -0.2) is 26.7 Å². The Hall–Kier alpha value is -1.51. The molecule has 0 amide bonds. The third kappa shape index (κ3) is 3.49. The molecule has 106 valence electrons. The molecular weight excluding hydrogens is 238 g/mol. The summed E-state index contributed by atoms with van der Waals surface area (Å²) < 4.78 is 4.85. The molecule has 0 aliphatic carbocycles. The lowest BCUT2D eigenvalue weighted by atomic mass is 10.0. The number of aryl methyl sites for hydroxylation is 1. The average Bonchev–Trinajstić information content (AvgIpc) is 2.41. The first-order valence-electron chi connectivity index (χ1n) is 6.78. The number of methoxy groups -OCH3 is 1. The van der Waals surface area contributed by atoms with Crippen LogP contribution in [0.4, 0.5) is 5.69 Å². The number of rotatable bonds is 5. The number of benzene rings is 1. The van der Waals surface area contributed by atoms with E-state index in [1.807, 2.05) is 14.0 Å². The zero-order chi connectivity index (χ0) is 14.6. The number of hydrogen-bond donors (Lipinski definition) is 0. The number of ether oxygens (including phenoxy) is 1. The Bertz CT molecular complexity index is 454. The van der Waals surface area contributed by atoms with Crippen molar-refractivity contribution in [3.8, 4) is 0 Å². The van der Waals surface area contributed by atoms with Gasteiger partial charge in [-0.3, -0.25) is 4.79 Å². The summed E-state index contributed by atoms with van der Waals surface area (Å²) in [6, 6.07) is 4.26. The van der Waals surface area contributed by atoms with Crippen molar-refractivity contribution in [1.29, 1.82) is 0 Å². The number of carbonyl (C=O) groups excluding carboxylic acids is 1. The molecule has 3 nitrogen and oxygen atoms in total. The molecule has 0 fully saturated rings. The lowest BCUT2D eigenvalue weighted by Gasteiger charge is -2.26. The van der Waals surface area contributed by atoms with E-state index in [0.717, 1.165) is 6.42 Å². The van der Waals surface area contributed by atoms with Gasteiger partial charge in [0.25, 0.3) is 0 Å². The van der Waals surface area contributed by atoms with E-state index in [9.17, 15) is 4.79 Å². The molecule has 0 bridgehead atoms. The molecule has 0 radical (unpaired) electrons. The Morgan fingerprint density at radius 3 is 2.42 bits per heavy atom. The molecule has 0 saturated heterocycles. The topological polar surface area (TPSA) is 29.5 Å². The zero-order valence-corrected chi connectivity index (χ0v) is 12.9. The lowest BCUT2D eigenvalue weighted by Crippen LogP contribution is -2.31. The molecule has 0 aromatic heterocycles. The van der Waals surface area contributed by atoms with Gasteiger partial charge < -0.3 is 9.64 Å². The Morgan fingerprint density at radius 1 is 1.26 bits per heavy atom. The van der Waals surface area contributed by atoms with Crippen LogP contribution in [0.5, 0.6) is 0 Å². The normalized spacial score (nSPS) is 12.1. The fourth-order valence-electron chi connectivity index (χ4n) is 2.32. The molecular formula is C16H25NO2. The van der Waals surface area contributed by atoms with Gasteiger partial charge in [-0.25, -0.2) is 0 Å². The van der Waals surface area contributed by atoms with E-state index in [2.05, 4.69) is 37.8 Å². The van der Waals surface area contributed by atoms with E-state index in [1.165, 1.54) is 29.5 Å². The Balaban J connectivity index is 2.92. The van der Waals surface area contributed by atoms with Crippen molar-refractivity contribution in [2.24, 2.45) is 5.92 Å². The van der Waals surface area contributed by atoms with Crippen molar-refractivity contribution in [2.75, 3.05) is 25.6 Å². The van der Waals surface area contributed by atoms with Gasteiger partial charge in [0.15, 0.2) is 0 Å². The SMILES string of the molecule is CCC(CN(C)c1ccc(C)c(C)c1C)C(=O)OC. The fraction of sp³-hybridized carbons (Fsp3) is 0.562. The predicted molar refractivity (Wildman–Crippen MR) is 79.7 cm³/mol. The van der Waals surface area contributed by atoms with Gasteiger partial charge in [-0.1, -0.05) is 13.0 Å². The number of anilines is 1. The minimum Gasteiger partial charge on any atom is -0.469 e. The highest BCUT2D eigenvalue weighted by Crippen LogP contribution is 2.25. The van der Waals surface area contributed by atoms with Gasteiger partial charge >= 0.3 is 5.97 Å². The van der Waals surface area contributed by atoms with Gasteiger partial charge in [0.05, 0.1) is 13.0 Å². The van der Waals surface area contributed by atoms with E-state index >= 15 is 0 Å². The molecule has 0 N–H and O–H groups in total. The highest BCUT2D eigenvalue weighted by atomic mass is 16.5. The molecule has 3 heteroatoms. The number of esters is 1. The summed E-state index contributed by atoms with van der Waals surface area (Å²) in [5, 5.41) is 0. The van der Waals surface area contributed by atoms with Crippen LogP contribution in [0.25, 0.3) is 0 Å². The van der Waals surface area contributed by atoms with Crippen molar-refractivity contribution >= 4 is 11.7 Å². The minimum atomic E-state index is -0.129. The first-order chi connectivity index (χ1) is 8.92. The second kappa shape index (κ2) is 6.60. The highest BCUT2D eigenvalue weighted by molar-refractivity contribution is 5.73. The monoisotopic (exact) mass is 263 g/mol. The van der Waals surface area contributed by atoms with E-state index in [-0.39, 0.29) is 11.9 Å². The molecule has 0 spiro atoms. The number of nitrogens with zero attached hydrogens (tertiary/aromatic N) is 1. The molecule has 0 aliphatic rings. The van der Waals surface area contributed by atoms with Gasteiger partial charge in [0, 0.05) is 19.3 Å². The molecule has 0 heterocycles. The molecule has 1 rings (SSSR count). The summed E-state index contributed by atoms with van der Waals surface area (Å²) in [5.74, 6) is -0.202. The summed E-state index contributed by atoms with van der Waals surface area (Å²) in [7, 11) is 3.48. The molecule has 1 aromatic carbocycles. The summed E-state index contributed by atoms with van der Waals surface area (Å²) in [6.45, 7) is 9.09. The zero-order valence-electron chi connectivity index (χ0n) is 12.9. The Labute approximate surface area is 116 Å². The summed E-state index contributed by atoms with van der Waals surface area (Å²) in [4.78, 5) is 13.8. The number of carbonyl (C=O) groups is 1. The lowest BCUT2D eigenvalue weighted by molar-refractivity contribution is -0.145. The van der Waals surface area contributed by atoms with E-state index in [1.54, 1.807) is 0 Å². The maximum atomic E-state index is 11.7. The molecule has 1 unspecified atom stereocenters. The van der Waals surface area contributed by atoms with Gasteiger partial charge in [0.2, 0.25) is 0 Å². The van der Waals surface area contributed by atoms with E-state index in [0.29, 0.717) is 6.54 Å². The summed E-state index contributed by atoms with van der Waals surface area (Å²) >= 11 is 0. The van der Waals surface area contributed by atoms with E-state index < -0.39 is 0 Å². The van der Waals surface area contributed by atoms with Gasteiger partial charge in [-0.2, -0.15) is 0 Å². The number of hydrogen-bond acceptors (Lipinski definition) is 3. The van der Waals surface area contributed by atoms with Crippen LogP contribution in [0.2, 0.25) is 0 Å². The predicted octanol–water partition coefficient (Wildman–Crippen LogP) is 3.25. The molecule has 1 aromatic rings. The summed E-state index contributed by atoms with van der Waals surface area (Å²) in [6.07, 6.45) is 0.793. The van der Waals surface area contributed by atoms with Crippen molar-refractivity contribution < 1.29 is 9.53 Å². The van der Waals surface area contributed by atoms with Gasteiger partial charge in [-0.15, -0.1) is 0 Å². The molecule has 0 aliphatic heterocycles. The van der Waals surface area contributed by atoms with Crippen LogP contribution in [0, 0.1) is 26.7 Å². The average molecular weight is 263 g/mol. The standard InChI is InChI=1S/C16H25NO2/c1-7-14(16(18)19-6)10-17(5)15-9-8-11(2)12(3)13(15)4/h8-9,14H,7,10H2,1-6H3. The Morgan fingerprint density at radius 2 is 1.89 bits per heavy atom. The van der Waals surface area contributed by atoms with Crippen LogP contribution in [0.15, 0.2) is 12.1 Å². The van der Waals surface area contributed by atoms with Crippen molar-refractivity contribution in [1.82, 2.24) is 0 Å². The van der Waals surface area contributed by atoms with Crippen LogP contribution < -0.4 is 4.90 Å². The molecule has 1 atom stereocenters. The summed E-state index contributed by atoms with van der Waals surface area (Å²) in [5.41, 5.74) is 5.08. The van der Waals surface area contributed by atoms with Crippen molar-refractivity contribution in [2.45, 2.75) is 34.1 Å². The maximum Gasteiger partial charge on any atom is 0.310 e. The highest BCUT2D eigenvalue weighted by Gasteiger charge is 2.20. The largest absolute Gasteiger partial charge is 0.469 e. The van der Waals surface area contributed by atoms with E-state index in [4.69, 9.17) is 4.74 Å². The third-order valence-corrected chi connectivity index (χ3v) is 3.96. The van der Waals surface area contributed by atoms with Crippen molar-refractivity contribution in [3.63, 3.8) is 0 Å². The minimum absolute atomic E-state index is 0.0731. The Kier molecular flexibility index (Phi) is 5.40. The molecule has 19 heavy (non-hydrogen) atoms. The van der Waals surface area contributed by atoms with Crippen LogP contribution in [0.3, 0.4) is 0 Å². The third-order valence-electron chi connectivity index (χ3n) is 3.96. The molecule has 0 saturated carbocycles. The van der Waals surface area contributed by atoms with Gasteiger partial charge in [-0.05, 0) is 49.9 Å². The quantitative estimate of drug-likeness (QED) is 0.764. The van der Waals surface area contributed by atoms with Crippen molar-refractivity contribution in [3.05, 3.63) is 28.8 Å².